The van der Waals surface area contributed by atoms with Gasteiger partial charge < -0.3 is 5.32 Å². The van der Waals surface area contributed by atoms with Crippen molar-refractivity contribution in [1.82, 2.24) is 19.7 Å². The minimum atomic E-state index is 0.372. The number of nitrogens with zero attached hydrogens (tertiary/aromatic N) is 4. The van der Waals surface area contributed by atoms with Crippen molar-refractivity contribution in [2.45, 2.75) is 39.7 Å². The Kier molecular flexibility index (Phi) is 4.14. The fraction of sp³-hybridized carbons (Fsp3) is 0.500. The van der Waals surface area contributed by atoms with Crippen LogP contribution in [0.3, 0.4) is 0 Å². The van der Waals surface area contributed by atoms with Crippen molar-refractivity contribution < 1.29 is 0 Å². The summed E-state index contributed by atoms with van der Waals surface area (Å²) in [4.78, 5) is 9.19. The molecule has 0 saturated carbocycles. The first kappa shape index (κ1) is 13.5. The quantitative estimate of drug-likeness (QED) is 0.897. The van der Waals surface area contributed by atoms with Gasteiger partial charge in [-0.15, -0.1) is 0 Å². The molecule has 0 atom stereocenters. The van der Waals surface area contributed by atoms with Crippen molar-refractivity contribution in [2.24, 2.45) is 0 Å². The number of anilines is 1. The van der Waals surface area contributed by atoms with Crippen LogP contribution in [0.2, 0.25) is 0 Å². The third-order valence-corrected chi connectivity index (χ3v) is 2.97. The van der Waals surface area contributed by atoms with Gasteiger partial charge in [0.15, 0.2) is 5.82 Å². The molecule has 2 aromatic heterocycles. The summed E-state index contributed by atoms with van der Waals surface area (Å²) in [5.41, 5.74) is 2.01. The molecule has 2 aromatic rings. The van der Waals surface area contributed by atoms with Crippen molar-refractivity contribution >= 4 is 5.82 Å². The molecule has 0 amide bonds. The summed E-state index contributed by atoms with van der Waals surface area (Å²) in [6, 6.07) is 3.96. The summed E-state index contributed by atoms with van der Waals surface area (Å²) < 4.78 is 1.96. The van der Waals surface area contributed by atoms with Gasteiger partial charge in [0.05, 0.1) is 0 Å². The zero-order valence-corrected chi connectivity index (χ0v) is 12.0. The first-order valence-corrected chi connectivity index (χ1v) is 6.74. The van der Waals surface area contributed by atoms with E-state index in [1.54, 1.807) is 6.20 Å². The van der Waals surface area contributed by atoms with Crippen LogP contribution in [0, 0.1) is 0 Å². The Labute approximate surface area is 114 Å². The summed E-state index contributed by atoms with van der Waals surface area (Å²) in [5.74, 6) is 1.95. The van der Waals surface area contributed by atoms with Gasteiger partial charge in [0.25, 0.3) is 0 Å². The molecule has 0 radical (unpaired) electrons. The predicted molar refractivity (Wildman–Crippen MR) is 77.2 cm³/mol. The van der Waals surface area contributed by atoms with E-state index in [9.17, 15) is 0 Å². The SMILES string of the molecule is CCCn1nccc1-c1nc(NC)cc(C(C)C)n1. The Hall–Kier alpha value is -1.91. The van der Waals surface area contributed by atoms with E-state index in [2.05, 4.69) is 41.2 Å². The summed E-state index contributed by atoms with van der Waals surface area (Å²) in [6.07, 6.45) is 2.84. The number of aromatic nitrogens is 4. The first-order valence-electron chi connectivity index (χ1n) is 6.74. The lowest BCUT2D eigenvalue weighted by Crippen LogP contribution is -2.07. The molecule has 0 aliphatic heterocycles. The highest BCUT2D eigenvalue weighted by atomic mass is 15.3. The van der Waals surface area contributed by atoms with Crippen LogP contribution in [-0.2, 0) is 6.54 Å². The molecular weight excluding hydrogens is 238 g/mol. The molecule has 0 bridgehead atoms. The van der Waals surface area contributed by atoms with Crippen LogP contribution in [0.1, 0.15) is 38.8 Å². The van der Waals surface area contributed by atoms with E-state index >= 15 is 0 Å². The molecule has 5 heteroatoms. The second-order valence-electron chi connectivity index (χ2n) is 4.85. The van der Waals surface area contributed by atoms with Gasteiger partial charge in [-0.05, 0) is 18.4 Å². The van der Waals surface area contributed by atoms with Gasteiger partial charge in [0.2, 0.25) is 0 Å². The van der Waals surface area contributed by atoms with Gasteiger partial charge in [-0.3, -0.25) is 4.68 Å². The van der Waals surface area contributed by atoms with Crippen molar-refractivity contribution in [3.8, 4) is 11.5 Å². The molecule has 5 nitrogen and oxygen atoms in total. The maximum atomic E-state index is 4.65. The first-order chi connectivity index (χ1) is 9.15. The molecule has 19 heavy (non-hydrogen) atoms. The number of hydrogen-bond acceptors (Lipinski definition) is 4. The molecule has 102 valence electrons. The van der Waals surface area contributed by atoms with Crippen molar-refractivity contribution in [1.29, 1.82) is 0 Å². The summed E-state index contributed by atoms with van der Waals surface area (Å²) in [5, 5.41) is 7.42. The Morgan fingerprint density at radius 2 is 2.11 bits per heavy atom. The average Bonchev–Trinajstić information content (AvgIpc) is 2.87. The molecule has 0 aliphatic rings. The summed E-state index contributed by atoms with van der Waals surface area (Å²) in [7, 11) is 1.87. The van der Waals surface area contributed by atoms with Crippen molar-refractivity contribution in [2.75, 3.05) is 12.4 Å². The number of rotatable bonds is 5. The number of nitrogens with one attached hydrogen (secondary N) is 1. The smallest absolute Gasteiger partial charge is 0.180 e. The lowest BCUT2D eigenvalue weighted by molar-refractivity contribution is 0.606. The van der Waals surface area contributed by atoms with Crippen LogP contribution in [0.4, 0.5) is 5.82 Å². The molecule has 0 fully saturated rings. The van der Waals surface area contributed by atoms with Crippen LogP contribution < -0.4 is 5.32 Å². The number of hydrogen-bond donors (Lipinski definition) is 1. The van der Waals surface area contributed by atoms with Crippen molar-refractivity contribution in [3.05, 3.63) is 24.0 Å². The molecule has 2 rings (SSSR count). The van der Waals surface area contributed by atoms with E-state index in [0.29, 0.717) is 5.92 Å². The topological polar surface area (TPSA) is 55.6 Å². The van der Waals surface area contributed by atoms with E-state index < -0.39 is 0 Å². The number of aryl methyl sites for hydroxylation is 1. The van der Waals surface area contributed by atoms with E-state index in [0.717, 1.165) is 36.0 Å². The highest BCUT2D eigenvalue weighted by Gasteiger charge is 2.12. The Bertz CT molecular complexity index is 545. The van der Waals surface area contributed by atoms with E-state index in [-0.39, 0.29) is 0 Å². The fourth-order valence-electron chi connectivity index (χ4n) is 1.92. The second-order valence-corrected chi connectivity index (χ2v) is 4.85. The van der Waals surface area contributed by atoms with E-state index in [1.165, 1.54) is 0 Å². The molecule has 0 unspecified atom stereocenters. The highest BCUT2D eigenvalue weighted by molar-refractivity contribution is 5.53. The zero-order valence-electron chi connectivity index (χ0n) is 12.0. The molecule has 0 aliphatic carbocycles. The normalized spacial score (nSPS) is 11.0. The van der Waals surface area contributed by atoms with Crippen LogP contribution in [0.15, 0.2) is 18.3 Å². The van der Waals surface area contributed by atoms with Gasteiger partial charge in [0.1, 0.15) is 11.5 Å². The molecule has 0 spiro atoms. The fourth-order valence-corrected chi connectivity index (χ4v) is 1.92. The molecule has 2 heterocycles. The van der Waals surface area contributed by atoms with Crippen LogP contribution in [-0.4, -0.2) is 26.8 Å². The van der Waals surface area contributed by atoms with Crippen LogP contribution >= 0.6 is 0 Å². The minimum Gasteiger partial charge on any atom is -0.373 e. The Morgan fingerprint density at radius 1 is 1.32 bits per heavy atom. The molecular formula is C14H21N5. The van der Waals surface area contributed by atoms with Gasteiger partial charge in [-0.1, -0.05) is 20.8 Å². The van der Waals surface area contributed by atoms with Gasteiger partial charge in [-0.25, -0.2) is 9.97 Å². The van der Waals surface area contributed by atoms with Crippen LogP contribution in [0.25, 0.3) is 11.5 Å². The third-order valence-electron chi connectivity index (χ3n) is 2.97. The lowest BCUT2D eigenvalue weighted by Gasteiger charge is -2.11. The molecule has 0 aromatic carbocycles. The van der Waals surface area contributed by atoms with Crippen molar-refractivity contribution in [3.63, 3.8) is 0 Å². The van der Waals surface area contributed by atoms with E-state index in [4.69, 9.17) is 0 Å². The maximum Gasteiger partial charge on any atom is 0.180 e. The second kappa shape index (κ2) is 5.82. The minimum absolute atomic E-state index is 0.372. The summed E-state index contributed by atoms with van der Waals surface area (Å²) >= 11 is 0. The lowest BCUT2D eigenvalue weighted by atomic mass is 10.1. The van der Waals surface area contributed by atoms with Gasteiger partial charge in [0, 0.05) is 31.5 Å². The van der Waals surface area contributed by atoms with Crippen LogP contribution in [0.5, 0.6) is 0 Å². The Morgan fingerprint density at radius 3 is 2.74 bits per heavy atom. The molecule has 0 saturated heterocycles. The highest BCUT2D eigenvalue weighted by Crippen LogP contribution is 2.21. The average molecular weight is 259 g/mol. The third kappa shape index (κ3) is 2.92. The summed E-state index contributed by atoms with van der Waals surface area (Å²) in [6.45, 7) is 7.28. The van der Waals surface area contributed by atoms with E-state index in [1.807, 2.05) is 23.9 Å². The monoisotopic (exact) mass is 259 g/mol. The molecule has 1 N–H and O–H groups in total. The zero-order chi connectivity index (χ0) is 13.8. The predicted octanol–water partition coefficient (Wildman–Crippen LogP) is 2.92. The largest absolute Gasteiger partial charge is 0.373 e. The van der Waals surface area contributed by atoms with Gasteiger partial charge in [-0.2, -0.15) is 5.10 Å². The Balaban J connectivity index is 2.48. The maximum absolute atomic E-state index is 4.65. The van der Waals surface area contributed by atoms with Gasteiger partial charge >= 0.3 is 0 Å². The standard InChI is InChI=1S/C14H21N5/c1-5-8-19-12(6-7-16-19)14-17-11(10(2)3)9-13(15-4)18-14/h6-7,9-10H,5,8H2,1-4H3,(H,15,17,18).